The maximum absolute atomic E-state index is 12.1. The van der Waals surface area contributed by atoms with Crippen LogP contribution in [-0.4, -0.2) is 43.0 Å². The summed E-state index contributed by atoms with van der Waals surface area (Å²) in [6, 6.07) is 7.18. The van der Waals surface area contributed by atoms with E-state index < -0.39 is 0 Å². The molecule has 2 rings (SSSR count). The van der Waals surface area contributed by atoms with Crippen molar-refractivity contribution in [2.75, 3.05) is 25.5 Å². The number of amides is 1. The molecule has 1 heterocycles. The molecule has 0 aromatic heterocycles. The van der Waals surface area contributed by atoms with Gasteiger partial charge >= 0.3 is 5.97 Å². The molecule has 21 heavy (non-hydrogen) atoms. The first-order valence-electron chi connectivity index (χ1n) is 7.32. The third-order valence-corrected chi connectivity index (χ3v) is 3.88. The Hall–Kier alpha value is -1.88. The van der Waals surface area contributed by atoms with Crippen LogP contribution in [0.3, 0.4) is 0 Å². The molecule has 1 unspecified atom stereocenters. The Morgan fingerprint density at radius 1 is 1.29 bits per heavy atom. The van der Waals surface area contributed by atoms with Crippen molar-refractivity contribution < 1.29 is 14.3 Å². The Kier molecular flexibility index (Phi) is 5.33. The molecule has 0 aliphatic carbocycles. The second-order valence-electron chi connectivity index (χ2n) is 5.43. The van der Waals surface area contributed by atoms with Crippen LogP contribution >= 0.6 is 0 Å². The number of methoxy groups -OCH3 is 1. The van der Waals surface area contributed by atoms with E-state index in [9.17, 15) is 9.59 Å². The standard InChI is InChI=1S/C16H22N2O3/c1-12-5-3-4-10-18(12)11-15(19)17-14-8-6-13(7-9-14)16(20)21-2/h6-9,12H,3-5,10-11H2,1-2H3,(H,17,19). The first kappa shape index (κ1) is 15.5. The first-order valence-corrected chi connectivity index (χ1v) is 7.32. The maximum atomic E-state index is 12.1. The van der Waals surface area contributed by atoms with Crippen LogP contribution in [0.5, 0.6) is 0 Å². The SMILES string of the molecule is COC(=O)c1ccc(NC(=O)CN2CCCCC2C)cc1. The Balaban J connectivity index is 1.88. The molecular formula is C16H22N2O3. The number of hydrogen-bond donors (Lipinski definition) is 1. The minimum Gasteiger partial charge on any atom is -0.465 e. The van der Waals surface area contributed by atoms with Crippen molar-refractivity contribution in [3.63, 3.8) is 0 Å². The lowest BCUT2D eigenvalue weighted by Gasteiger charge is -2.32. The fourth-order valence-electron chi connectivity index (χ4n) is 2.58. The predicted octanol–water partition coefficient (Wildman–Crippen LogP) is 2.29. The van der Waals surface area contributed by atoms with Gasteiger partial charge in [-0.05, 0) is 50.6 Å². The lowest BCUT2D eigenvalue weighted by atomic mass is 10.0. The molecule has 5 heteroatoms. The number of benzene rings is 1. The molecule has 1 atom stereocenters. The molecule has 1 amide bonds. The number of nitrogens with one attached hydrogen (secondary N) is 1. The first-order chi connectivity index (χ1) is 10.1. The second-order valence-corrected chi connectivity index (χ2v) is 5.43. The summed E-state index contributed by atoms with van der Waals surface area (Å²) in [5.41, 5.74) is 1.16. The van der Waals surface area contributed by atoms with Crippen LogP contribution in [-0.2, 0) is 9.53 Å². The zero-order chi connectivity index (χ0) is 15.2. The van der Waals surface area contributed by atoms with Gasteiger partial charge in [-0.25, -0.2) is 4.79 Å². The van der Waals surface area contributed by atoms with Crippen molar-refractivity contribution in [2.45, 2.75) is 32.2 Å². The second kappa shape index (κ2) is 7.22. The molecule has 0 radical (unpaired) electrons. The van der Waals surface area contributed by atoms with Gasteiger partial charge in [0.15, 0.2) is 0 Å². The van der Waals surface area contributed by atoms with Crippen LogP contribution in [0, 0.1) is 0 Å². The predicted molar refractivity (Wildman–Crippen MR) is 81.3 cm³/mol. The number of likely N-dealkylation sites (tertiary alicyclic amines) is 1. The topological polar surface area (TPSA) is 58.6 Å². The Bertz CT molecular complexity index is 499. The quantitative estimate of drug-likeness (QED) is 0.864. The average Bonchev–Trinajstić information content (AvgIpc) is 2.49. The van der Waals surface area contributed by atoms with E-state index in [0.717, 1.165) is 19.4 Å². The third kappa shape index (κ3) is 4.29. The van der Waals surface area contributed by atoms with Crippen LogP contribution in [0.2, 0.25) is 0 Å². The van der Waals surface area contributed by atoms with Crippen molar-refractivity contribution in [3.05, 3.63) is 29.8 Å². The van der Waals surface area contributed by atoms with Crippen LogP contribution in [0.1, 0.15) is 36.5 Å². The Morgan fingerprint density at radius 2 is 2.00 bits per heavy atom. The molecule has 1 aliphatic heterocycles. The van der Waals surface area contributed by atoms with Gasteiger partial charge in [0.2, 0.25) is 5.91 Å². The number of piperidine rings is 1. The zero-order valence-corrected chi connectivity index (χ0v) is 12.6. The molecule has 1 saturated heterocycles. The average molecular weight is 290 g/mol. The van der Waals surface area contributed by atoms with Gasteiger partial charge in [0.25, 0.3) is 0 Å². The summed E-state index contributed by atoms with van der Waals surface area (Å²) in [7, 11) is 1.35. The van der Waals surface area contributed by atoms with E-state index in [-0.39, 0.29) is 11.9 Å². The lowest BCUT2D eigenvalue weighted by molar-refractivity contribution is -0.118. The van der Waals surface area contributed by atoms with E-state index in [2.05, 4.69) is 21.9 Å². The van der Waals surface area contributed by atoms with Crippen molar-refractivity contribution >= 4 is 17.6 Å². The van der Waals surface area contributed by atoms with Gasteiger partial charge in [-0.15, -0.1) is 0 Å². The van der Waals surface area contributed by atoms with Gasteiger partial charge in [-0.1, -0.05) is 6.42 Å². The smallest absolute Gasteiger partial charge is 0.337 e. The number of nitrogens with zero attached hydrogens (tertiary/aromatic N) is 1. The summed E-state index contributed by atoms with van der Waals surface area (Å²) in [6.45, 7) is 3.56. The minimum atomic E-state index is -0.380. The largest absolute Gasteiger partial charge is 0.465 e. The molecule has 5 nitrogen and oxygen atoms in total. The maximum Gasteiger partial charge on any atom is 0.337 e. The van der Waals surface area contributed by atoms with E-state index in [0.29, 0.717) is 23.8 Å². The molecule has 1 fully saturated rings. The van der Waals surface area contributed by atoms with Crippen LogP contribution in [0.4, 0.5) is 5.69 Å². The summed E-state index contributed by atoms with van der Waals surface area (Å²) in [4.78, 5) is 25.6. The van der Waals surface area contributed by atoms with Crippen LogP contribution in [0.25, 0.3) is 0 Å². The summed E-state index contributed by atoms with van der Waals surface area (Å²) in [6.07, 6.45) is 3.56. The molecular weight excluding hydrogens is 268 g/mol. The monoisotopic (exact) mass is 290 g/mol. The van der Waals surface area contributed by atoms with E-state index in [4.69, 9.17) is 0 Å². The van der Waals surface area contributed by atoms with Crippen molar-refractivity contribution in [2.24, 2.45) is 0 Å². The highest BCUT2D eigenvalue weighted by Crippen LogP contribution is 2.16. The minimum absolute atomic E-state index is 0.0189. The summed E-state index contributed by atoms with van der Waals surface area (Å²) < 4.78 is 4.64. The van der Waals surface area contributed by atoms with Gasteiger partial charge in [0, 0.05) is 11.7 Å². The van der Waals surface area contributed by atoms with Gasteiger partial charge in [-0.2, -0.15) is 0 Å². The molecule has 0 saturated carbocycles. The molecule has 1 N–H and O–H groups in total. The number of carbonyl (C=O) groups excluding carboxylic acids is 2. The zero-order valence-electron chi connectivity index (χ0n) is 12.6. The summed E-state index contributed by atoms with van der Waals surface area (Å²) in [5, 5.41) is 2.86. The van der Waals surface area contributed by atoms with Crippen molar-refractivity contribution in [3.8, 4) is 0 Å². The fraction of sp³-hybridized carbons (Fsp3) is 0.500. The van der Waals surface area contributed by atoms with Crippen LogP contribution in [0.15, 0.2) is 24.3 Å². The number of esters is 1. The van der Waals surface area contributed by atoms with Gasteiger partial charge < -0.3 is 10.1 Å². The molecule has 1 aromatic rings. The van der Waals surface area contributed by atoms with E-state index in [1.807, 2.05) is 0 Å². The summed E-state index contributed by atoms with van der Waals surface area (Å²) in [5.74, 6) is -0.399. The van der Waals surface area contributed by atoms with Gasteiger partial charge in [0.05, 0.1) is 19.2 Å². The van der Waals surface area contributed by atoms with Crippen LogP contribution < -0.4 is 5.32 Å². The molecule has 0 bridgehead atoms. The van der Waals surface area contributed by atoms with E-state index in [1.165, 1.54) is 13.5 Å². The number of carbonyl (C=O) groups is 2. The lowest BCUT2D eigenvalue weighted by Crippen LogP contribution is -2.42. The number of rotatable bonds is 4. The number of ether oxygens (including phenoxy) is 1. The molecule has 1 aliphatic rings. The highest BCUT2D eigenvalue weighted by Gasteiger charge is 2.20. The Morgan fingerprint density at radius 3 is 2.62 bits per heavy atom. The number of hydrogen-bond acceptors (Lipinski definition) is 4. The summed E-state index contributed by atoms with van der Waals surface area (Å²) >= 11 is 0. The highest BCUT2D eigenvalue weighted by molar-refractivity contribution is 5.94. The van der Waals surface area contributed by atoms with Gasteiger partial charge in [0.1, 0.15) is 0 Å². The third-order valence-electron chi connectivity index (χ3n) is 3.88. The normalized spacial score (nSPS) is 19.0. The van der Waals surface area contributed by atoms with Gasteiger partial charge in [-0.3, -0.25) is 9.69 Å². The van der Waals surface area contributed by atoms with Crippen molar-refractivity contribution in [1.29, 1.82) is 0 Å². The fourth-order valence-corrected chi connectivity index (χ4v) is 2.58. The van der Waals surface area contributed by atoms with E-state index in [1.54, 1.807) is 24.3 Å². The number of anilines is 1. The Labute approximate surface area is 125 Å². The molecule has 1 aromatic carbocycles. The highest BCUT2D eigenvalue weighted by atomic mass is 16.5. The van der Waals surface area contributed by atoms with E-state index >= 15 is 0 Å². The molecule has 114 valence electrons. The van der Waals surface area contributed by atoms with Crippen molar-refractivity contribution in [1.82, 2.24) is 4.90 Å². The molecule has 0 spiro atoms.